The van der Waals surface area contributed by atoms with Gasteiger partial charge in [-0.1, -0.05) is 100 Å². The molecular weight excluding hydrogens is 508 g/mol. The molecule has 5 aromatic carbocycles. The summed E-state index contributed by atoms with van der Waals surface area (Å²) in [5.41, 5.74) is 12.0. The minimum atomic E-state index is 0.107. The molecule has 8 rings (SSSR count). The maximum atomic E-state index is 2.65. The summed E-state index contributed by atoms with van der Waals surface area (Å²) >= 11 is 0. The average molecular weight is 547 g/mol. The van der Waals surface area contributed by atoms with E-state index >= 15 is 0 Å². The molecule has 0 saturated heterocycles. The van der Waals surface area contributed by atoms with E-state index in [1.807, 2.05) is 0 Å². The molecule has 0 N–H and O–H groups in total. The lowest BCUT2D eigenvalue weighted by molar-refractivity contribution is 0.402. The number of fused-ring (bicyclic) bond motifs is 6. The molecule has 2 atom stereocenters. The van der Waals surface area contributed by atoms with Crippen LogP contribution < -0.4 is 4.90 Å². The van der Waals surface area contributed by atoms with E-state index in [2.05, 4.69) is 145 Å². The first kappa shape index (κ1) is 25.4. The first-order valence-corrected chi connectivity index (χ1v) is 15.6. The summed E-state index contributed by atoms with van der Waals surface area (Å²) in [5.74, 6) is 0.649. The topological polar surface area (TPSA) is 8.17 Å². The first-order valence-electron chi connectivity index (χ1n) is 15.6. The number of hydrogen-bond acceptors (Lipinski definition) is 1. The molecule has 1 aromatic heterocycles. The number of anilines is 2. The van der Waals surface area contributed by atoms with Crippen molar-refractivity contribution in [2.24, 2.45) is 0 Å². The Bertz CT molecular complexity index is 1950. The van der Waals surface area contributed by atoms with Crippen molar-refractivity contribution in [3.05, 3.63) is 126 Å². The lowest BCUT2D eigenvalue weighted by atomic mass is 9.82. The van der Waals surface area contributed by atoms with E-state index in [0.29, 0.717) is 12.0 Å². The Morgan fingerprint density at radius 2 is 1.29 bits per heavy atom. The van der Waals surface area contributed by atoms with Gasteiger partial charge in [0.2, 0.25) is 0 Å². The van der Waals surface area contributed by atoms with Gasteiger partial charge in [-0.3, -0.25) is 0 Å². The molecule has 0 bridgehead atoms. The van der Waals surface area contributed by atoms with E-state index in [9.17, 15) is 0 Å². The second-order valence-electron chi connectivity index (χ2n) is 13.3. The molecule has 2 aliphatic rings. The minimum absolute atomic E-state index is 0.107. The van der Waals surface area contributed by atoms with Crippen molar-refractivity contribution >= 4 is 33.2 Å². The summed E-state index contributed by atoms with van der Waals surface area (Å²) in [6.45, 7) is 6.88. The van der Waals surface area contributed by atoms with Crippen LogP contribution in [0.2, 0.25) is 0 Å². The third-order valence-corrected chi connectivity index (χ3v) is 9.76. The van der Waals surface area contributed by atoms with Gasteiger partial charge in [0.25, 0.3) is 0 Å². The van der Waals surface area contributed by atoms with Crippen LogP contribution in [-0.2, 0) is 5.41 Å². The monoisotopic (exact) mass is 546 g/mol. The summed E-state index contributed by atoms with van der Waals surface area (Å²) in [5, 5.41) is 2.63. The van der Waals surface area contributed by atoms with Crippen LogP contribution in [0.25, 0.3) is 38.6 Å². The van der Waals surface area contributed by atoms with Crippen LogP contribution in [0, 0.1) is 0 Å². The molecule has 1 saturated carbocycles. The van der Waals surface area contributed by atoms with Crippen molar-refractivity contribution < 1.29 is 0 Å². The van der Waals surface area contributed by atoms with Gasteiger partial charge < -0.3 is 9.47 Å². The second kappa shape index (κ2) is 9.63. The third-order valence-electron chi connectivity index (χ3n) is 9.76. The molecule has 1 fully saturated rings. The Balaban J connectivity index is 1.24. The molecule has 42 heavy (non-hydrogen) atoms. The van der Waals surface area contributed by atoms with E-state index in [1.54, 1.807) is 0 Å². The van der Waals surface area contributed by atoms with Gasteiger partial charge in [-0.05, 0) is 89.0 Å². The van der Waals surface area contributed by atoms with Crippen molar-refractivity contribution in [3.63, 3.8) is 0 Å². The number of hydrogen-bond donors (Lipinski definition) is 0. The fourth-order valence-corrected chi connectivity index (χ4v) is 7.69. The maximum Gasteiger partial charge on any atom is 0.0541 e. The fraction of sp³-hybridized carbons (Fsp3) is 0.250. The van der Waals surface area contributed by atoms with Crippen LogP contribution in [0.3, 0.4) is 0 Å². The van der Waals surface area contributed by atoms with Crippen LogP contribution >= 0.6 is 0 Å². The second-order valence-corrected chi connectivity index (χ2v) is 13.3. The van der Waals surface area contributed by atoms with Gasteiger partial charge in [0.1, 0.15) is 0 Å². The molecule has 0 amide bonds. The number of benzene rings is 5. The van der Waals surface area contributed by atoms with Gasteiger partial charge in [0.15, 0.2) is 0 Å². The number of rotatable bonds is 3. The van der Waals surface area contributed by atoms with Crippen LogP contribution in [0.15, 0.2) is 115 Å². The quantitative estimate of drug-likeness (QED) is 0.214. The highest BCUT2D eigenvalue weighted by Crippen LogP contribution is 2.51. The molecule has 0 radical (unpaired) electrons. The first-order chi connectivity index (χ1) is 20.5. The fourth-order valence-electron chi connectivity index (χ4n) is 7.69. The van der Waals surface area contributed by atoms with Crippen molar-refractivity contribution in [1.82, 2.24) is 4.57 Å². The Labute approximate surface area is 249 Å². The van der Waals surface area contributed by atoms with E-state index in [4.69, 9.17) is 0 Å². The minimum Gasteiger partial charge on any atom is -0.337 e. The van der Waals surface area contributed by atoms with Crippen molar-refractivity contribution in [2.75, 3.05) is 4.90 Å². The van der Waals surface area contributed by atoms with E-state index in [-0.39, 0.29) is 5.41 Å². The zero-order chi connectivity index (χ0) is 28.4. The summed E-state index contributed by atoms with van der Waals surface area (Å²) in [6, 6.07) is 43.8. The van der Waals surface area contributed by atoms with Gasteiger partial charge in [-0.25, -0.2) is 0 Å². The highest BCUT2D eigenvalue weighted by Gasteiger charge is 2.40. The lowest BCUT2D eigenvalue weighted by Crippen LogP contribution is -2.32. The summed E-state index contributed by atoms with van der Waals surface area (Å²) < 4.78 is 2.44. The molecule has 1 aliphatic heterocycles. The average Bonchev–Trinajstić information content (AvgIpc) is 3.53. The summed E-state index contributed by atoms with van der Waals surface area (Å²) in [6.07, 6.45) is 5.24. The van der Waals surface area contributed by atoms with Crippen LogP contribution in [0.5, 0.6) is 0 Å². The number of nitrogens with zero attached hydrogens (tertiary/aromatic N) is 2. The molecule has 2 heterocycles. The van der Waals surface area contributed by atoms with Crippen molar-refractivity contribution in [3.8, 4) is 16.8 Å². The van der Waals surface area contributed by atoms with E-state index < -0.39 is 0 Å². The molecule has 0 spiro atoms. The van der Waals surface area contributed by atoms with Gasteiger partial charge >= 0.3 is 0 Å². The van der Waals surface area contributed by atoms with Gasteiger partial charge in [-0.15, -0.1) is 0 Å². The zero-order valence-electron chi connectivity index (χ0n) is 24.8. The largest absolute Gasteiger partial charge is 0.337 e. The number of aromatic nitrogens is 1. The summed E-state index contributed by atoms with van der Waals surface area (Å²) in [7, 11) is 0. The number of para-hydroxylation sites is 2. The van der Waals surface area contributed by atoms with Gasteiger partial charge in [0.05, 0.1) is 11.0 Å². The SMILES string of the molecule is CC(C)(C)c1ccc2c(c1)c1ccccc1n2-c1cccc(-c2cccc(N3c4ccccc4C4CCCC[C@@H]43)c2)c1. The molecule has 2 heteroatoms. The Morgan fingerprint density at radius 1 is 0.595 bits per heavy atom. The molecule has 208 valence electrons. The smallest absolute Gasteiger partial charge is 0.0541 e. The third kappa shape index (κ3) is 4.00. The van der Waals surface area contributed by atoms with E-state index in [0.717, 1.165) is 0 Å². The highest BCUT2D eigenvalue weighted by atomic mass is 15.2. The normalized spacial score (nSPS) is 18.4. The molecule has 2 nitrogen and oxygen atoms in total. The van der Waals surface area contributed by atoms with Crippen LogP contribution in [0.1, 0.15) is 63.5 Å². The lowest BCUT2D eigenvalue weighted by Gasteiger charge is -2.34. The predicted molar refractivity (Wildman–Crippen MR) is 178 cm³/mol. The van der Waals surface area contributed by atoms with Crippen molar-refractivity contribution in [1.29, 1.82) is 0 Å². The Morgan fingerprint density at radius 3 is 2.12 bits per heavy atom. The van der Waals surface area contributed by atoms with Gasteiger partial charge in [-0.2, -0.15) is 0 Å². The van der Waals surface area contributed by atoms with Crippen LogP contribution in [0.4, 0.5) is 11.4 Å². The van der Waals surface area contributed by atoms with Crippen LogP contribution in [-0.4, -0.2) is 10.6 Å². The van der Waals surface area contributed by atoms with Gasteiger partial charge in [0, 0.05) is 39.8 Å². The summed E-state index contributed by atoms with van der Waals surface area (Å²) in [4.78, 5) is 2.65. The highest BCUT2D eigenvalue weighted by molar-refractivity contribution is 6.09. The maximum absolute atomic E-state index is 2.65. The Kier molecular flexibility index (Phi) is 5.83. The molecule has 6 aromatic rings. The standard InChI is InChI=1S/C40H38N2/c1-40(2,3)29-22-23-39-35(26-29)34-18-6-9-21-38(34)42(39)31-15-11-13-28(25-31)27-12-10-14-30(24-27)41-36-19-7-4-16-32(36)33-17-5-8-20-37(33)41/h4,6-7,9-16,18-19,21-26,33,37H,5,8,17,20H2,1-3H3/t33?,37-/m0/s1. The predicted octanol–water partition coefficient (Wildman–Crippen LogP) is 10.9. The Hall–Kier alpha value is -4.30. The zero-order valence-corrected chi connectivity index (χ0v) is 24.8. The molecular formula is C40H38N2. The van der Waals surface area contributed by atoms with E-state index in [1.165, 1.54) is 86.8 Å². The molecule has 1 aliphatic carbocycles. The molecule has 1 unspecified atom stereocenters. The van der Waals surface area contributed by atoms with Crippen molar-refractivity contribution in [2.45, 2.75) is 63.8 Å².